The number of carbonyl (C=O) groups excluding carboxylic acids is 1. The van der Waals surface area contributed by atoms with E-state index in [4.69, 9.17) is 4.74 Å². The Morgan fingerprint density at radius 1 is 1.12 bits per heavy atom. The molecule has 0 aliphatic carbocycles. The third-order valence-electron chi connectivity index (χ3n) is 3.54. The smallest absolute Gasteiger partial charge is 0.255 e. The molecule has 0 bridgehead atoms. The van der Waals surface area contributed by atoms with E-state index in [-0.39, 0.29) is 5.91 Å². The van der Waals surface area contributed by atoms with E-state index in [0.717, 1.165) is 23.0 Å². The Hall–Kier alpha value is -1.85. The second kappa shape index (κ2) is 9.45. The van der Waals surface area contributed by atoms with Crippen molar-refractivity contribution in [2.24, 2.45) is 0 Å². The average molecular weight is 391 g/mol. The highest BCUT2D eigenvalue weighted by Crippen LogP contribution is 2.22. The maximum absolute atomic E-state index is 12.4. The number of carbonyl (C=O) groups is 1. The molecule has 0 aromatic heterocycles. The van der Waals surface area contributed by atoms with Gasteiger partial charge < -0.3 is 15.0 Å². The van der Waals surface area contributed by atoms with Crippen LogP contribution in [0.2, 0.25) is 0 Å². The van der Waals surface area contributed by atoms with Crippen LogP contribution in [0.1, 0.15) is 22.3 Å². The van der Waals surface area contributed by atoms with E-state index in [1.54, 1.807) is 6.07 Å². The van der Waals surface area contributed by atoms with Gasteiger partial charge in [-0.25, -0.2) is 0 Å². The van der Waals surface area contributed by atoms with E-state index < -0.39 is 0 Å². The van der Waals surface area contributed by atoms with Crippen LogP contribution < -0.4 is 10.1 Å². The minimum Gasteiger partial charge on any atom is -0.488 e. The molecule has 1 amide bonds. The highest BCUT2D eigenvalue weighted by atomic mass is 79.9. The summed E-state index contributed by atoms with van der Waals surface area (Å²) in [7, 11) is 4.04. The van der Waals surface area contributed by atoms with Gasteiger partial charge in [-0.15, -0.1) is 0 Å². The number of benzene rings is 2. The lowest BCUT2D eigenvalue weighted by molar-refractivity contribution is 0.0948. The highest BCUT2D eigenvalue weighted by Gasteiger charge is 2.12. The van der Waals surface area contributed by atoms with Gasteiger partial charge in [0.15, 0.2) is 0 Å². The summed E-state index contributed by atoms with van der Waals surface area (Å²) < 4.78 is 6.87. The molecule has 0 atom stereocenters. The second-order valence-electron chi connectivity index (χ2n) is 5.79. The van der Waals surface area contributed by atoms with Crippen LogP contribution in [0, 0.1) is 0 Å². The molecular weight excluding hydrogens is 368 g/mol. The Kier molecular flexibility index (Phi) is 7.28. The number of halogens is 1. The normalized spacial score (nSPS) is 10.7. The molecule has 128 valence electrons. The van der Waals surface area contributed by atoms with Crippen LogP contribution in [0.5, 0.6) is 5.75 Å². The van der Waals surface area contributed by atoms with E-state index in [1.807, 2.05) is 56.6 Å². The molecule has 5 heteroatoms. The SMILES string of the molecule is CN(C)CCCNC(=O)c1ccccc1OCc1ccccc1Br. The van der Waals surface area contributed by atoms with Gasteiger partial charge in [0.1, 0.15) is 12.4 Å². The van der Waals surface area contributed by atoms with Crippen molar-refractivity contribution in [1.29, 1.82) is 0 Å². The van der Waals surface area contributed by atoms with Crippen molar-refractivity contribution < 1.29 is 9.53 Å². The highest BCUT2D eigenvalue weighted by molar-refractivity contribution is 9.10. The minimum atomic E-state index is -0.100. The standard InChI is InChI=1S/C19H23BrN2O2/c1-22(2)13-7-12-21-19(23)16-9-4-6-11-18(16)24-14-15-8-3-5-10-17(15)20/h3-6,8-11H,7,12-14H2,1-2H3,(H,21,23). The first-order valence-electron chi connectivity index (χ1n) is 7.96. The molecule has 0 aliphatic rings. The predicted octanol–water partition coefficient (Wildman–Crippen LogP) is 3.71. The van der Waals surface area contributed by atoms with Gasteiger partial charge in [0.2, 0.25) is 0 Å². The number of amides is 1. The largest absolute Gasteiger partial charge is 0.488 e. The zero-order valence-electron chi connectivity index (χ0n) is 14.1. The van der Waals surface area contributed by atoms with E-state index >= 15 is 0 Å². The van der Waals surface area contributed by atoms with Gasteiger partial charge in [-0.1, -0.05) is 46.3 Å². The zero-order valence-corrected chi connectivity index (χ0v) is 15.7. The zero-order chi connectivity index (χ0) is 17.4. The fourth-order valence-electron chi connectivity index (χ4n) is 2.24. The fraction of sp³-hybridized carbons (Fsp3) is 0.316. The maximum Gasteiger partial charge on any atom is 0.255 e. The molecule has 1 N–H and O–H groups in total. The summed E-state index contributed by atoms with van der Waals surface area (Å²) in [6.45, 7) is 2.00. The van der Waals surface area contributed by atoms with Gasteiger partial charge in [-0.3, -0.25) is 4.79 Å². The first-order valence-corrected chi connectivity index (χ1v) is 8.75. The van der Waals surface area contributed by atoms with Crippen LogP contribution in [-0.4, -0.2) is 38.0 Å². The van der Waals surface area contributed by atoms with Crippen molar-refractivity contribution in [2.75, 3.05) is 27.2 Å². The van der Waals surface area contributed by atoms with Crippen LogP contribution in [0.15, 0.2) is 53.0 Å². The molecule has 0 fully saturated rings. The third-order valence-corrected chi connectivity index (χ3v) is 4.31. The molecule has 0 saturated heterocycles. The Bertz CT molecular complexity index is 674. The average Bonchev–Trinajstić information content (AvgIpc) is 2.58. The summed E-state index contributed by atoms with van der Waals surface area (Å²) >= 11 is 3.51. The summed E-state index contributed by atoms with van der Waals surface area (Å²) in [4.78, 5) is 14.5. The van der Waals surface area contributed by atoms with Gasteiger partial charge in [0, 0.05) is 16.6 Å². The topological polar surface area (TPSA) is 41.6 Å². The van der Waals surface area contributed by atoms with E-state index in [0.29, 0.717) is 24.5 Å². The van der Waals surface area contributed by atoms with Gasteiger partial charge in [0.25, 0.3) is 5.91 Å². The Balaban J connectivity index is 1.96. The summed E-state index contributed by atoms with van der Waals surface area (Å²) in [5.41, 5.74) is 1.60. The molecule has 0 unspecified atom stereocenters. The molecule has 2 aromatic carbocycles. The minimum absolute atomic E-state index is 0.100. The van der Waals surface area contributed by atoms with Crippen LogP contribution in [-0.2, 0) is 6.61 Å². The molecule has 0 radical (unpaired) electrons. The summed E-state index contributed by atoms with van der Waals surface area (Å²) in [5.74, 6) is 0.495. The van der Waals surface area contributed by atoms with Gasteiger partial charge in [-0.05, 0) is 45.3 Å². The summed E-state index contributed by atoms with van der Waals surface area (Å²) in [6, 6.07) is 15.2. The van der Waals surface area contributed by atoms with Crippen molar-refractivity contribution in [1.82, 2.24) is 10.2 Å². The molecule has 2 rings (SSSR count). The Morgan fingerprint density at radius 3 is 2.58 bits per heavy atom. The fourth-order valence-corrected chi connectivity index (χ4v) is 2.64. The van der Waals surface area contributed by atoms with E-state index in [1.165, 1.54) is 0 Å². The van der Waals surface area contributed by atoms with Gasteiger partial charge in [0.05, 0.1) is 5.56 Å². The number of rotatable bonds is 8. The number of nitrogens with zero attached hydrogens (tertiary/aromatic N) is 1. The predicted molar refractivity (Wildman–Crippen MR) is 100 cm³/mol. The first kappa shape index (κ1) is 18.5. The van der Waals surface area contributed by atoms with Crippen molar-refractivity contribution in [3.05, 3.63) is 64.1 Å². The molecule has 0 heterocycles. The summed E-state index contributed by atoms with van der Waals surface area (Å²) in [6.07, 6.45) is 0.915. The Morgan fingerprint density at radius 2 is 1.83 bits per heavy atom. The van der Waals surface area contributed by atoms with Crippen LogP contribution in [0.25, 0.3) is 0 Å². The van der Waals surface area contributed by atoms with Crippen molar-refractivity contribution in [2.45, 2.75) is 13.0 Å². The Labute approximate surface area is 151 Å². The third kappa shape index (κ3) is 5.65. The lowest BCUT2D eigenvalue weighted by Crippen LogP contribution is -2.27. The molecule has 2 aromatic rings. The number of hydrogen-bond donors (Lipinski definition) is 1. The number of ether oxygens (including phenoxy) is 1. The molecule has 24 heavy (non-hydrogen) atoms. The van der Waals surface area contributed by atoms with Crippen LogP contribution >= 0.6 is 15.9 Å². The molecule has 0 saturated carbocycles. The maximum atomic E-state index is 12.4. The van der Waals surface area contributed by atoms with Crippen molar-refractivity contribution in [3.8, 4) is 5.75 Å². The van der Waals surface area contributed by atoms with E-state index in [9.17, 15) is 4.79 Å². The number of para-hydroxylation sites is 1. The summed E-state index contributed by atoms with van der Waals surface area (Å²) in [5, 5.41) is 2.95. The van der Waals surface area contributed by atoms with Gasteiger partial charge in [-0.2, -0.15) is 0 Å². The monoisotopic (exact) mass is 390 g/mol. The van der Waals surface area contributed by atoms with Crippen LogP contribution in [0.3, 0.4) is 0 Å². The molecular formula is C19H23BrN2O2. The van der Waals surface area contributed by atoms with Crippen molar-refractivity contribution >= 4 is 21.8 Å². The van der Waals surface area contributed by atoms with Gasteiger partial charge >= 0.3 is 0 Å². The molecule has 4 nitrogen and oxygen atoms in total. The van der Waals surface area contributed by atoms with Crippen molar-refractivity contribution in [3.63, 3.8) is 0 Å². The number of hydrogen-bond acceptors (Lipinski definition) is 3. The first-order chi connectivity index (χ1) is 11.6. The lowest BCUT2D eigenvalue weighted by atomic mass is 10.2. The lowest BCUT2D eigenvalue weighted by Gasteiger charge is -2.13. The quantitative estimate of drug-likeness (QED) is 0.698. The molecule has 0 aliphatic heterocycles. The second-order valence-corrected chi connectivity index (χ2v) is 6.64. The molecule has 0 spiro atoms. The van der Waals surface area contributed by atoms with E-state index in [2.05, 4.69) is 26.1 Å². The number of nitrogens with one attached hydrogen (secondary N) is 1. The van der Waals surface area contributed by atoms with Crippen LogP contribution in [0.4, 0.5) is 0 Å².